The van der Waals surface area contributed by atoms with E-state index in [2.05, 4.69) is 4.98 Å². The number of rotatable bonds is 0. The fourth-order valence-corrected chi connectivity index (χ4v) is 2.60. The third-order valence-electron chi connectivity index (χ3n) is 3.83. The molecule has 1 aliphatic heterocycles. The number of hydrogen-bond donors (Lipinski definition) is 0. The second kappa shape index (κ2) is 6.67. The predicted molar refractivity (Wildman–Crippen MR) is 73.8 cm³/mol. The van der Waals surface area contributed by atoms with E-state index in [1.807, 2.05) is 25.1 Å². The molecule has 0 aliphatic carbocycles. The molecule has 0 unspecified atom stereocenters. The summed E-state index contributed by atoms with van der Waals surface area (Å²) in [4.78, 5) is 16.8. The van der Waals surface area contributed by atoms with E-state index in [-0.39, 0.29) is 11.7 Å². The molecule has 0 fully saturated rings. The van der Waals surface area contributed by atoms with E-state index in [0.717, 1.165) is 18.5 Å². The van der Waals surface area contributed by atoms with E-state index in [1.54, 1.807) is 0 Å². The number of carbonyl (C=O) groups excluding carboxylic acids is 1. The van der Waals surface area contributed by atoms with Gasteiger partial charge in [-0.1, -0.05) is 45.1 Å². The fraction of sp³-hybridized carbons (Fsp3) is 0.625. The smallest absolute Gasteiger partial charge is 0.183 e. The number of aromatic nitrogens is 1. The summed E-state index contributed by atoms with van der Waals surface area (Å²) in [6, 6.07) is 5.88. The van der Waals surface area contributed by atoms with Gasteiger partial charge in [0.15, 0.2) is 5.78 Å². The van der Waals surface area contributed by atoms with Gasteiger partial charge in [-0.05, 0) is 31.4 Å². The summed E-state index contributed by atoms with van der Waals surface area (Å²) in [6.07, 6.45) is 9.57. The summed E-state index contributed by atoms with van der Waals surface area (Å²) < 4.78 is 0. The number of ketones is 1. The van der Waals surface area contributed by atoms with Crippen LogP contribution in [0.25, 0.3) is 0 Å². The first-order valence-electron chi connectivity index (χ1n) is 7.27. The Labute approximate surface area is 110 Å². The normalized spacial score (nSPS) is 22.7. The third-order valence-corrected chi connectivity index (χ3v) is 3.83. The van der Waals surface area contributed by atoms with Gasteiger partial charge in [-0.2, -0.15) is 0 Å². The molecular weight excluding hydrogens is 222 g/mol. The van der Waals surface area contributed by atoms with Crippen LogP contribution in [0.2, 0.25) is 0 Å². The molecular formula is C16H23NO. The van der Waals surface area contributed by atoms with Gasteiger partial charge in [0, 0.05) is 11.6 Å². The number of hydrogen-bond acceptors (Lipinski definition) is 2. The van der Waals surface area contributed by atoms with Gasteiger partial charge >= 0.3 is 0 Å². The second-order valence-electron chi connectivity index (χ2n) is 5.44. The van der Waals surface area contributed by atoms with E-state index in [4.69, 9.17) is 0 Å². The van der Waals surface area contributed by atoms with E-state index in [1.165, 1.54) is 38.5 Å². The maximum atomic E-state index is 12.2. The van der Waals surface area contributed by atoms with Crippen LogP contribution in [-0.2, 0) is 6.42 Å². The number of carbonyl (C=O) groups is 1. The van der Waals surface area contributed by atoms with Gasteiger partial charge in [0.1, 0.15) is 5.69 Å². The van der Waals surface area contributed by atoms with Gasteiger partial charge in [0.2, 0.25) is 0 Å². The predicted octanol–water partition coefficient (Wildman–Crippen LogP) is 4.19. The van der Waals surface area contributed by atoms with Gasteiger partial charge < -0.3 is 0 Å². The molecule has 2 rings (SSSR count). The van der Waals surface area contributed by atoms with Gasteiger partial charge in [0.05, 0.1) is 0 Å². The summed E-state index contributed by atoms with van der Waals surface area (Å²) in [5, 5.41) is 0. The Bertz CT molecular complexity index is 400. The molecule has 2 heterocycles. The van der Waals surface area contributed by atoms with Crippen LogP contribution in [0.1, 0.15) is 68.1 Å². The minimum Gasteiger partial charge on any atom is -0.292 e. The highest BCUT2D eigenvalue weighted by Crippen LogP contribution is 2.18. The van der Waals surface area contributed by atoms with Crippen molar-refractivity contribution in [2.24, 2.45) is 5.92 Å². The Morgan fingerprint density at radius 1 is 1.06 bits per heavy atom. The molecule has 2 bridgehead atoms. The van der Waals surface area contributed by atoms with Crippen LogP contribution in [0.5, 0.6) is 0 Å². The summed E-state index contributed by atoms with van der Waals surface area (Å²) in [5.41, 5.74) is 1.74. The SMILES string of the molecule is C[C@@H]1CCCCCCCCc2cccc(n2)C1=O. The van der Waals surface area contributed by atoms with Crippen LogP contribution in [0.3, 0.4) is 0 Å². The van der Waals surface area contributed by atoms with Crippen LogP contribution in [0.4, 0.5) is 0 Å². The first kappa shape index (κ1) is 13.3. The summed E-state index contributed by atoms with van der Waals surface area (Å²) in [6.45, 7) is 2.04. The zero-order valence-corrected chi connectivity index (χ0v) is 11.3. The zero-order valence-electron chi connectivity index (χ0n) is 11.3. The Morgan fingerprint density at radius 3 is 2.61 bits per heavy atom. The maximum Gasteiger partial charge on any atom is 0.183 e. The van der Waals surface area contributed by atoms with Crippen LogP contribution in [0.15, 0.2) is 18.2 Å². The molecule has 0 radical (unpaired) electrons. The summed E-state index contributed by atoms with van der Waals surface area (Å²) in [5.74, 6) is 0.338. The average Bonchev–Trinajstić information content (AvgIpc) is 2.40. The molecule has 1 aliphatic rings. The lowest BCUT2D eigenvalue weighted by molar-refractivity contribution is 0.0917. The van der Waals surface area contributed by atoms with Crippen LogP contribution >= 0.6 is 0 Å². The van der Waals surface area contributed by atoms with Crippen molar-refractivity contribution >= 4 is 5.78 Å². The van der Waals surface area contributed by atoms with Gasteiger partial charge in [-0.3, -0.25) is 4.79 Å². The van der Waals surface area contributed by atoms with Crippen molar-refractivity contribution in [1.29, 1.82) is 0 Å². The summed E-state index contributed by atoms with van der Waals surface area (Å²) in [7, 11) is 0. The van der Waals surface area contributed by atoms with Crippen molar-refractivity contribution in [2.75, 3.05) is 0 Å². The minimum absolute atomic E-state index is 0.119. The quantitative estimate of drug-likeness (QED) is 0.686. The molecule has 2 nitrogen and oxygen atoms in total. The minimum atomic E-state index is 0.119. The fourth-order valence-electron chi connectivity index (χ4n) is 2.60. The Morgan fingerprint density at radius 2 is 1.78 bits per heavy atom. The van der Waals surface area contributed by atoms with Gasteiger partial charge in [-0.25, -0.2) is 4.98 Å². The van der Waals surface area contributed by atoms with E-state index in [9.17, 15) is 4.79 Å². The Kier molecular flexibility index (Phi) is 4.91. The Hall–Kier alpha value is -1.18. The molecule has 0 saturated carbocycles. The molecule has 2 heteroatoms. The van der Waals surface area contributed by atoms with Gasteiger partial charge in [-0.15, -0.1) is 0 Å². The van der Waals surface area contributed by atoms with Crippen molar-refractivity contribution in [1.82, 2.24) is 4.98 Å². The molecule has 0 saturated heterocycles. The molecule has 1 aromatic heterocycles. The van der Waals surface area contributed by atoms with Crippen LogP contribution in [0, 0.1) is 5.92 Å². The van der Waals surface area contributed by atoms with Crippen LogP contribution < -0.4 is 0 Å². The summed E-state index contributed by atoms with van der Waals surface area (Å²) >= 11 is 0. The topological polar surface area (TPSA) is 30.0 Å². The zero-order chi connectivity index (χ0) is 12.8. The molecule has 0 aromatic carbocycles. The van der Waals surface area contributed by atoms with Crippen molar-refractivity contribution in [2.45, 2.75) is 58.3 Å². The lowest BCUT2D eigenvalue weighted by Gasteiger charge is -2.10. The highest BCUT2D eigenvalue weighted by Gasteiger charge is 2.16. The Balaban J connectivity index is 2.14. The lowest BCUT2D eigenvalue weighted by atomic mass is 9.96. The molecule has 0 N–H and O–H groups in total. The van der Waals surface area contributed by atoms with Crippen molar-refractivity contribution < 1.29 is 4.79 Å². The first-order chi connectivity index (χ1) is 8.77. The molecule has 0 spiro atoms. The molecule has 1 atom stereocenters. The number of pyridine rings is 1. The molecule has 0 amide bonds. The van der Waals surface area contributed by atoms with Crippen molar-refractivity contribution in [3.05, 3.63) is 29.6 Å². The average molecular weight is 245 g/mol. The molecule has 1 aromatic rings. The number of fused-ring (bicyclic) bond motifs is 2. The third kappa shape index (κ3) is 3.66. The highest BCUT2D eigenvalue weighted by molar-refractivity contribution is 5.95. The van der Waals surface area contributed by atoms with Crippen LogP contribution in [-0.4, -0.2) is 10.8 Å². The number of Topliss-reactive ketones (excluding diaryl/α,β-unsaturated/α-hetero) is 1. The van der Waals surface area contributed by atoms with E-state index < -0.39 is 0 Å². The first-order valence-corrected chi connectivity index (χ1v) is 7.27. The molecule has 18 heavy (non-hydrogen) atoms. The lowest BCUT2D eigenvalue weighted by Crippen LogP contribution is -2.13. The highest BCUT2D eigenvalue weighted by atomic mass is 16.1. The van der Waals surface area contributed by atoms with Crippen molar-refractivity contribution in [3.8, 4) is 0 Å². The largest absolute Gasteiger partial charge is 0.292 e. The second-order valence-corrected chi connectivity index (χ2v) is 5.44. The van der Waals surface area contributed by atoms with E-state index >= 15 is 0 Å². The van der Waals surface area contributed by atoms with Crippen molar-refractivity contribution in [3.63, 3.8) is 0 Å². The maximum absolute atomic E-state index is 12.2. The monoisotopic (exact) mass is 245 g/mol. The number of nitrogens with zero attached hydrogens (tertiary/aromatic N) is 1. The number of aryl methyl sites for hydroxylation is 1. The van der Waals surface area contributed by atoms with E-state index in [0.29, 0.717) is 5.69 Å². The van der Waals surface area contributed by atoms with Gasteiger partial charge in [0.25, 0.3) is 0 Å². The molecule has 98 valence electrons. The standard InChI is InChI=1S/C16H23NO/c1-13-9-6-4-2-3-5-7-10-14-11-8-12-15(17-14)16(13)18/h8,11-13H,2-7,9-10H2,1H3/t13-/m1/s1.